The van der Waals surface area contributed by atoms with E-state index in [1.54, 1.807) is 66.1 Å². The predicted octanol–water partition coefficient (Wildman–Crippen LogP) is 5.46. The van der Waals surface area contributed by atoms with Crippen molar-refractivity contribution in [2.24, 2.45) is 0 Å². The highest BCUT2D eigenvalue weighted by atomic mass is 35.5. The summed E-state index contributed by atoms with van der Waals surface area (Å²) in [6, 6.07) is 19.4. The highest BCUT2D eigenvalue weighted by Gasteiger charge is 2.40. The summed E-state index contributed by atoms with van der Waals surface area (Å²) in [6.07, 6.45) is 1.20. The number of methoxy groups -OCH3 is 1. The molecule has 2 N–H and O–H groups in total. The van der Waals surface area contributed by atoms with Crippen molar-refractivity contribution in [1.29, 1.82) is 0 Å². The van der Waals surface area contributed by atoms with Gasteiger partial charge in [-0.15, -0.1) is 0 Å². The summed E-state index contributed by atoms with van der Waals surface area (Å²) in [5.41, 5.74) is 3.54. The van der Waals surface area contributed by atoms with Crippen LogP contribution in [0.1, 0.15) is 56.8 Å². The fourth-order valence-electron chi connectivity index (χ4n) is 5.71. The van der Waals surface area contributed by atoms with Crippen LogP contribution in [0.15, 0.2) is 71.5 Å². The predicted molar refractivity (Wildman–Crippen MR) is 170 cm³/mol. The molecule has 2 amide bonds. The molecule has 11 heteroatoms. The van der Waals surface area contributed by atoms with Crippen LogP contribution in [0, 0.1) is 0 Å². The first-order valence-corrected chi connectivity index (χ1v) is 15.1. The summed E-state index contributed by atoms with van der Waals surface area (Å²) in [4.78, 5) is 46.5. The van der Waals surface area contributed by atoms with Crippen molar-refractivity contribution < 1.29 is 14.3 Å². The number of rotatable bonds is 7. The van der Waals surface area contributed by atoms with Crippen LogP contribution < -0.4 is 20.9 Å². The van der Waals surface area contributed by atoms with Crippen LogP contribution in [0.2, 0.25) is 10.0 Å². The van der Waals surface area contributed by atoms with Crippen molar-refractivity contribution in [2.45, 2.75) is 44.3 Å². The maximum absolute atomic E-state index is 14.2. The summed E-state index contributed by atoms with van der Waals surface area (Å²) in [5, 5.41) is 6.79. The summed E-state index contributed by atoms with van der Waals surface area (Å²) in [5.74, 6) is 0.989. The lowest BCUT2D eigenvalue weighted by molar-refractivity contribution is 0.0653. The third-order valence-corrected chi connectivity index (χ3v) is 9.04. The van der Waals surface area contributed by atoms with E-state index in [9.17, 15) is 14.4 Å². The van der Waals surface area contributed by atoms with Gasteiger partial charge < -0.3 is 20.3 Å². The SMILES string of the molecule is CNC(=O)c1ccc(-n2c(N[C@@H]3CC3c3ccc(OC)cc3)nc3c(c2=O)C[C@@H](C)N(C(=O)c2ccc(Cl)c(Cl)c2)C3)cc1. The molecule has 6 rings (SSSR count). The van der Waals surface area contributed by atoms with Crippen LogP contribution in [0.3, 0.4) is 0 Å². The molecular formula is C33H31Cl2N5O4. The number of nitrogens with one attached hydrogen (secondary N) is 2. The number of anilines is 1. The summed E-state index contributed by atoms with van der Waals surface area (Å²) >= 11 is 12.3. The Hall–Kier alpha value is -4.34. The Morgan fingerprint density at radius 2 is 1.68 bits per heavy atom. The zero-order valence-corrected chi connectivity index (χ0v) is 25.9. The minimum atomic E-state index is -0.260. The van der Waals surface area contributed by atoms with Crippen molar-refractivity contribution in [2.75, 3.05) is 19.5 Å². The number of aromatic nitrogens is 2. The average Bonchev–Trinajstić information content (AvgIpc) is 3.81. The van der Waals surface area contributed by atoms with Crippen LogP contribution in [-0.2, 0) is 13.0 Å². The third-order valence-electron chi connectivity index (χ3n) is 8.31. The van der Waals surface area contributed by atoms with Gasteiger partial charge in [0, 0.05) is 41.7 Å². The Labute approximate surface area is 264 Å². The molecule has 0 saturated heterocycles. The minimum Gasteiger partial charge on any atom is -0.497 e. The average molecular weight is 633 g/mol. The maximum Gasteiger partial charge on any atom is 0.263 e. The molecule has 3 atom stereocenters. The van der Waals surface area contributed by atoms with Gasteiger partial charge in [-0.25, -0.2) is 9.55 Å². The standard InChI is InChI=1S/C33H31Cl2N5O4/c1-18-14-25-29(17-39(18)31(42)21-8-13-26(34)27(35)15-21)38-33(37-28-16-24(28)19-6-11-23(44-3)12-7-19)40(32(25)43)22-9-4-20(5-10-22)30(41)36-2/h4-13,15,18,24,28H,14,16-17H2,1-3H3,(H,36,41)(H,37,38)/t18-,24?,28-/m1/s1. The van der Waals surface area contributed by atoms with Crippen LogP contribution >= 0.6 is 23.2 Å². The van der Waals surface area contributed by atoms with Gasteiger partial charge in [-0.3, -0.25) is 14.4 Å². The van der Waals surface area contributed by atoms with Crippen LogP contribution in [0.4, 0.5) is 5.95 Å². The van der Waals surface area contributed by atoms with Gasteiger partial charge >= 0.3 is 0 Å². The van der Waals surface area contributed by atoms with Gasteiger partial charge in [0.1, 0.15) is 5.75 Å². The number of hydrogen-bond donors (Lipinski definition) is 2. The second kappa shape index (κ2) is 12.0. The number of carbonyl (C=O) groups is 2. The van der Waals surface area contributed by atoms with E-state index in [-0.39, 0.29) is 41.9 Å². The van der Waals surface area contributed by atoms with E-state index in [1.807, 2.05) is 31.2 Å². The second-order valence-electron chi connectivity index (χ2n) is 11.1. The van der Waals surface area contributed by atoms with Gasteiger partial charge in [0.15, 0.2) is 0 Å². The number of nitrogens with zero attached hydrogens (tertiary/aromatic N) is 3. The van der Waals surface area contributed by atoms with Gasteiger partial charge in [0.25, 0.3) is 17.4 Å². The van der Waals surface area contributed by atoms with Crippen molar-refractivity contribution in [3.8, 4) is 11.4 Å². The molecule has 1 fully saturated rings. The van der Waals surface area contributed by atoms with Gasteiger partial charge in [-0.2, -0.15) is 0 Å². The lowest BCUT2D eigenvalue weighted by Crippen LogP contribution is -2.46. The lowest BCUT2D eigenvalue weighted by Gasteiger charge is -2.34. The Balaban J connectivity index is 1.36. The van der Waals surface area contributed by atoms with Crippen molar-refractivity contribution in [1.82, 2.24) is 19.8 Å². The molecule has 1 aliphatic heterocycles. The van der Waals surface area contributed by atoms with Gasteiger partial charge in [0.2, 0.25) is 5.95 Å². The Bertz CT molecular complexity index is 1810. The van der Waals surface area contributed by atoms with E-state index in [1.165, 1.54) is 0 Å². The molecule has 0 spiro atoms. The molecule has 1 aliphatic carbocycles. The molecule has 9 nitrogen and oxygen atoms in total. The van der Waals surface area contributed by atoms with Crippen molar-refractivity contribution in [3.63, 3.8) is 0 Å². The quantitative estimate of drug-likeness (QED) is 0.280. The van der Waals surface area contributed by atoms with E-state index >= 15 is 0 Å². The van der Waals surface area contributed by atoms with Crippen LogP contribution in [0.5, 0.6) is 5.75 Å². The first kappa shape index (κ1) is 29.7. The first-order chi connectivity index (χ1) is 21.2. The molecule has 0 radical (unpaired) electrons. The lowest BCUT2D eigenvalue weighted by atomic mass is 9.98. The zero-order chi connectivity index (χ0) is 31.1. The fourth-order valence-corrected chi connectivity index (χ4v) is 6.01. The number of hydrogen-bond acceptors (Lipinski definition) is 6. The molecule has 44 heavy (non-hydrogen) atoms. The maximum atomic E-state index is 14.2. The molecule has 1 aromatic heterocycles. The molecule has 2 aliphatic rings. The highest BCUT2D eigenvalue weighted by molar-refractivity contribution is 6.42. The summed E-state index contributed by atoms with van der Waals surface area (Å²) in [7, 11) is 3.21. The van der Waals surface area contributed by atoms with Crippen molar-refractivity contribution in [3.05, 3.63) is 115 Å². The largest absolute Gasteiger partial charge is 0.497 e. The number of halogens is 2. The number of amides is 2. The number of ether oxygens (including phenoxy) is 1. The van der Waals surface area contributed by atoms with Crippen molar-refractivity contribution >= 4 is 41.0 Å². The molecule has 0 bridgehead atoms. The van der Waals surface area contributed by atoms with E-state index in [0.29, 0.717) is 50.5 Å². The smallest absolute Gasteiger partial charge is 0.263 e. The van der Waals surface area contributed by atoms with E-state index < -0.39 is 0 Å². The van der Waals surface area contributed by atoms with Gasteiger partial charge in [-0.1, -0.05) is 35.3 Å². The normalized spacial score (nSPS) is 18.8. The Morgan fingerprint density at radius 3 is 2.34 bits per heavy atom. The fraction of sp³-hybridized carbons (Fsp3) is 0.273. The van der Waals surface area contributed by atoms with Crippen LogP contribution in [0.25, 0.3) is 5.69 Å². The monoisotopic (exact) mass is 631 g/mol. The topological polar surface area (TPSA) is 106 Å². The minimum absolute atomic E-state index is 0.0567. The summed E-state index contributed by atoms with van der Waals surface area (Å²) < 4.78 is 6.86. The van der Waals surface area contributed by atoms with Gasteiger partial charge in [0.05, 0.1) is 35.1 Å². The Kier molecular flexibility index (Phi) is 8.09. The zero-order valence-electron chi connectivity index (χ0n) is 24.4. The number of fused-ring (bicyclic) bond motifs is 1. The highest BCUT2D eigenvalue weighted by Crippen LogP contribution is 2.43. The second-order valence-corrected chi connectivity index (χ2v) is 11.9. The van der Waals surface area contributed by atoms with Crippen LogP contribution in [-0.4, -0.2) is 52.5 Å². The molecule has 3 aromatic carbocycles. The number of carbonyl (C=O) groups excluding carboxylic acids is 2. The molecule has 1 saturated carbocycles. The first-order valence-electron chi connectivity index (χ1n) is 14.3. The van der Waals surface area contributed by atoms with E-state index in [2.05, 4.69) is 10.6 Å². The van der Waals surface area contributed by atoms with E-state index in [0.717, 1.165) is 17.7 Å². The van der Waals surface area contributed by atoms with Gasteiger partial charge in [-0.05, 0) is 79.9 Å². The molecule has 2 heterocycles. The van der Waals surface area contributed by atoms with E-state index in [4.69, 9.17) is 32.9 Å². The molecular weight excluding hydrogens is 601 g/mol. The Morgan fingerprint density at radius 1 is 0.977 bits per heavy atom. The molecule has 226 valence electrons. The number of benzene rings is 3. The third kappa shape index (κ3) is 5.65. The molecule has 4 aromatic rings. The summed E-state index contributed by atoms with van der Waals surface area (Å²) in [6.45, 7) is 2.08. The molecule has 1 unspecified atom stereocenters.